The monoisotopic (exact) mass is 430 g/mol. The molecule has 2 N–H and O–H groups in total. The van der Waals surface area contributed by atoms with Crippen LogP contribution in [0.4, 0.5) is 10.2 Å². The molecular formula is C25H27FN6. The number of nitrogens with one attached hydrogen (secondary N) is 2. The molecule has 164 valence electrons. The van der Waals surface area contributed by atoms with Gasteiger partial charge in [-0.2, -0.15) is 0 Å². The molecule has 0 saturated carbocycles. The zero-order valence-corrected chi connectivity index (χ0v) is 18.0. The number of rotatable bonds is 5. The number of aromatic nitrogens is 3. The molecule has 4 heterocycles. The summed E-state index contributed by atoms with van der Waals surface area (Å²) in [5.74, 6) is 1.86. The number of H-pyrrole nitrogens is 1. The highest BCUT2D eigenvalue weighted by molar-refractivity contribution is 5.94. The topological polar surface area (TPSA) is 71.9 Å². The summed E-state index contributed by atoms with van der Waals surface area (Å²) < 4.78 is 13.7. The number of amidine groups is 1. The molecule has 5 rings (SSSR count). The minimum Gasteiger partial charge on any atom is -0.357 e. The Balaban J connectivity index is 1.28. The van der Waals surface area contributed by atoms with E-state index in [4.69, 9.17) is 10.4 Å². The smallest absolute Gasteiger partial charge is 0.130 e. The number of imidazole rings is 1. The Morgan fingerprint density at radius 2 is 1.94 bits per heavy atom. The van der Waals surface area contributed by atoms with Gasteiger partial charge in [-0.05, 0) is 67.7 Å². The summed E-state index contributed by atoms with van der Waals surface area (Å²) in [7, 11) is 0. The van der Waals surface area contributed by atoms with Crippen molar-refractivity contribution in [2.75, 3.05) is 24.5 Å². The molecule has 2 aliphatic heterocycles. The Morgan fingerprint density at radius 1 is 1.09 bits per heavy atom. The molecule has 2 aromatic heterocycles. The first-order valence-electron chi connectivity index (χ1n) is 11.2. The number of hydrogen-bond donors (Lipinski definition) is 2. The maximum atomic E-state index is 13.7. The summed E-state index contributed by atoms with van der Waals surface area (Å²) in [6.45, 7) is 2.91. The van der Waals surface area contributed by atoms with E-state index in [1.807, 2.05) is 29.2 Å². The number of likely N-dealkylation sites (tertiary alicyclic amines) is 1. The Labute approximate surface area is 187 Å². The summed E-state index contributed by atoms with van der Waals surface area (Å²) in [5, 5.41) is 8.55. The molecule has 32 heavy (non-hydrogen) atoms. The second kappa shape index (κ2) is 8.94. The Hall–Kier alpha value is -3.48. The van der Waals surface area contributed by atoms with E-state index in [0.29, 0.717) is 11.7 Å². The van der Waals surface area contributed by atoms with E-state index in [-0.39, 0.29) is 11.9 Å². The normalized spacial score (nSPS) is 18.7. The van der Waals surface area contributed by atoms with Crippen molar-refractivity contribution in [2.24, 2.45) is 0 Å². The standard InChI is InChI=1S/C25H27FN6/c26-19-7-3-6-18(16-19)22-9-5-15-32(22)23(27)11-12-24-28-17-21(29-24)20-8-4-10-25(30-20)31-13-1-2-14-31/h3-4,6-8,10-12,16-17,22,27H,1-2,5,9,13-15H2,(H,28,29)/b12-11-,27-23?/t22-/m1/s1. The van der Waals surface area contributed by atoms with Crippen LogP contribution in [0.1, 0.15) is 43.1 Å². The molecule has 0 bridgehead atoms. The van der Waals surface area contributed by atoms with Gasteiger partial charge >= 0.3 is 0 Å². The Kier molecular flexibility index (Phi) is 5.71. The van der Waals surface area contributed by atoms with E-state index in [1.165, 1.54) is 18.9 Å². The Bertz CT molecular complexity index is 1130. The summed E-state index contributed by atoms with van der Waals surface area (Å²) in [4.78, 5) is 16.9. The SMILES string of the molecule is N=C(/C=C\c1ncc(-c2cccc(N3CCCC3)n2)[nH]1)N1CCC[C@@H]1c1cccc(F)c1. The average Bonchev–Trinajstić information content (AvgIpc) is 3.59. The lowest BCUT2D eigenvalue weighted by molar-refractivity contribution is 0.399. The first-order valence-corrected chi connectivity index (χ1v) is 11.2. The number of nitrogens with zero attached hydrogens (tertiary/aromatic N) is 4. The fourth-order valence-corrected chi connectivity index (χ4v) is 4.62. The van der Waals surface area contributed by atoms with Crippen molar-refractivity contribution in [1.29, 1.82) is 5.41 Å². The molecule has 0 aliphatic carbocycles. The highest BCUT2D eigenvalue weighted by Crippen LogP contribution is 2.32. The highest BCUT2D eigenvalue weighted by atomic mass is 19.1. The molecule has 2 saturated heterocycles. The zero-order valence-electron chi connectivity index (χ0n) is 18.0. The van der Waals surface area contributed by atoms with Gasteiger partial charge in [-0.3, -0.25) is 5.41 Å². The molecule has 2 fully saturated rings. The predicted molar refractivity (Wildman–Crippen MR) is 125 cm³/mol. The van der Waals surface area contributed by atoms with Crippen LogP contribution in [0.25, 0.3) is 17.5 Å². The third kappa shape index (κ3) is 4.28. The fraction of sp³-hybridized carbons (Fsp3) is 0.320. The van der Waals surface area contributed by atoms with Crippen LogP contribution < -0.4 is 4.90 Å². The molecular weight excluding hydrogens is 403 g/mol. The van der Waals surface area contributed by atoms with Gasteiger partial charge in [0.25, 0.3) is 0 Å². The molecule has 0 radical (unpaired) electrons. The summed E-state index contributed by atoms with van der Waals surface area (Å²) in [6.07, 6.45) is 9.70. The first-order chi connectivity index (χ1) is 15.7. The van der Waals surface area contributed by atoms with Gasteiger partial charge < -0.3 is 14.8 Å². The molecule has 1 aromatic carbocycles. The van der Waals surface area contributed by atoms with Crippen molar-refractivity contribution in [1.82, 2.24) is 19.9 Å². The third-order valence-electron chi connectivity index (χ3n) is 6.23. The zero-order chi connectivity index (χ0) is 21.9. The van der Waals surface area contributed by atoms with Crippen LogP contribution in [-0.2, 0) is 0 Å². The van der Waals surface area contributed by atoms with Crippen molar-refractivity contribution in [3.8, 4) is 11.4 Å². The van der Waals surface area contributed by atoms with Crippen LogP contribution in [0, 0.1) is 11.2 Å². The van der Waals surface area contributed by atoms with Crippen LogP contribution in [0.5, 0.6) is 0 Å². The van der Waals surface area contributed by atoms with Crippen LogP contribution in [-0.4, -0.2) is 45.3 Å². The number of pyridine rings is 1. The first kappa shape index (κ1) is 20.4. The second-order valence-electron chi connectivity index (χ2n) is 8.38. The molecule has 2 aliphatic rings. The van der Waals surface area contributed by atoms with Crippen LogP contribution in [0.15, 0.2) is 54.7 Å². The van der Waals surface area contributed by atoms with Crippen LogP contribution in [0.3, 0.4) is 0 Å². The number of anilines is 1. The van der Waals surface area contributed by atoms with Crippen LogP contribution in [0.2, 0.25) is 0 Å². The van der Waals surface area contributed by atoms with Gasteiger partial charge in [0.2, 0.25) is 0 Å². The summed E-state index contributed by atoms with van der Waals surface area (Å²) in [6, 6.07) is 12.8. The predicted octanol–water partition coefficient (Wildman–Crippen LogP) is 5.04. The lowest BCUT2D eigenvalue weighted by Gasteiger charge is -2.26. The van der Waals surface area contributed by atoms with E-state index in [9.17, 15) is 4.39 Å². The number of aromatic amines is 1. The lowest BCUT2D eigenvalue weighted by atomic mass is 10.0. The van der Waals surface area contributed by atoms with Gasteiger partial charge in [-0.1, -0.05) is 18.2 Å². The summed E-state index contributed by atoms with van der Waals surface area (Å²) >= 11 is 0. The molecule has 0 amide bonds. The molecule has 1 atom stereocenters. The molecule has 0 unspecified atom stereocenters. The van der Waals surface area contributed by atoms with Gasteiger partial charge in [0.1, 0.15) is 23.3 Å². The minimum absolute atomic E-state index is 0.0348. The average molecular weight is 431 g/mol. The number of hydrogen-bond acceptors (Lipinski definition) is 4. The number of halogens is 1. The van der Waals surface area contributed by atoms with E-state index >= 15 is 0 Å². The van der Waals surface area contributed by atoms with Crippen molar-refractivity contribution >= 4 is 17.7 Å². The molecule has 0 spiro atoms. The van der Waals surface area contributed by atoms with E-state index < -0.39 is 0 Å². The van der Waals surface area contributed by atoms with E-state index in [0.717, 1.165) is 55.2 Å². The third-order valence-corrected chi connectivity index (χ3v) is 6.23. The van der Waals surface area contributed by atoms with Crippen molar-refractivity contribution in [3.05, 3.63) is 71.9 Å². The highest BCUT2D eigenvalue weighted by Gasteiger charge is 2.27. The van der Waals surface area contributed by atoms with Gasteiger partial charge in [-0.25, -0.2) is 14.4 Å². The molecule has 7 heteroatoms. The molecule has 6 nitrogen and oxygen atoms in total. The van der Waals surface area contributed by atoms with Gasteiger partial charge in [0.15, 0.2) is 0 Å². The number of benzene rings is 1. The maximum Gasteiger partial charge on any atom is 0.130 e. The van der Waals surface area contributed by atoms with Gasteiger partial charge in [0.05, 0.1) is 23.6 Å². The Morgan fingerprint density at radius 3 is 2.78 bits per heavy atom. The minimum atomic E-state index is -0.234. The quantitative estimate of drug-likeness (QED) is 0.439. The maximum absolute atomic E-state index is 13.7. The molecule has 3 aromatic rings. The van der Waals surface area contributed by atoms with Crippen LogP contribution >= 0.6 is 0 Å². The van der Waals surface area contributed by atoms with E-state index in [2.05, 4.69) is 20.9 Å². The largest absolute Gasteiger partial charge is 0.357 e. The lowest BCUT2D eigenvalue weighted by Crippen LogP contribution is -2.28. The van der Waals surface area contributed by atoms with Crippen molar-refractivity contribution in [3.63, 3.8) is 0 Å². The fourth-order valence-electron chi connectivity index (χ4n) is 4.62. The van der Waals surface area contributed by atoms with Crippen molar-refractivity contribution < 1.29 is 4.39 Å². The van der Waals surface area contributed by atoms with Gasteiger partial charge in [0, 0.05) is 19.6 Å². The van der Waals surface area contributed by atoms with E-state index in [1.54, 1.807) is 24.4 Å². The summed E-state index contributed by atoms with van der Waals surface area (Å²) in [5.41, 5.74) is 2.64. The van der Waals surface area contributed by atoms with Gasteiger partial charge in [-0.15, -0.1) is 0 Å². The van der Waals surface area contributed by atoms with Crippen molar-refractivity contribution in [2.45, 2.75) is 31.7 Å². The second-order valence-corrected chi connectivity index (χ2v) is 8.38.